The molecule has 2 amide bonds. The molecule has 3 saturated heterocycles. The smallest absolute Gasteiger partial charge is 0.269 e. The largest absolute Gasteiger partial charge is 0.283 e. The number of aromatic nitrogens is 2. The number of imide groups is 1. The lowest BCUT2D eigenvalue weighted by molar-refractivity contribution is -0.384. The minimum absolute atomic E-state index is 0.104. The molecule has 4 atom stereocenters. The van der Waals surface area contributed by atoms with E-state index in [9.17, 15) is 24.5 Å². The zero-order valence-electron chi connectivity index (χ0n) is 21.5. The van der Waals surface area contributed by atoms with Crippen molar-refractivity contribution in [3.05, 3.63) is 104 Å². The Hall–Kier alpha value is -4.70. The lowest BCUT2D eigenvalue weighted by Gasteiger charge is -2.38. The quantitative estimate of drug-likeness (QED) is 0.220. The summed E-state index contributed by atoms with van der Waals surface area (Å²) in [4.78, 5) is 62.1. The Morgan fingerprint density at radius 3 is 2.55 bits per heavy atom. The number of rotatable bonds is 2. The molecule has 8 rings (SSSR count). The fourth-order valence-corrected chi connectivity index (χ4v) is 7.86. The fraction of sp³-hybridized carbons (Fsp3) is 0.267. The predicted octanol–water partition coefficient (Wildman–Crippen LogP) is 3.44. The van der Waals surface area contributed by atoms with Gasteiger partial charge in [0, 0.05) is 23.7 Å². The first-order chi connectivity index (χ1) is 19.4. The summed E-state index contributed by atoms with van der Waals surface area (Å²) in [5, 5.41) is 11.8. The van der Waals surface area contributed by atoms with E-state index in [0.717, 1.165) is 18.4 Å². The Labute approximate surface area is 227 Å². The van der Waals surface area contributed by atoms with Crippen LogP contribution in [0.3, 0.4) is 0 Å². The van der Waals surface area contributed by atoms with E-state index in [1.165, 1.54) is 23.1 Å². The third-order valence-corrected chi connectivity index (χ3v) is 9.27. The van der Waals surface area contributed by atoms with Gasteiger partial charge < -0.3 is 0 Å². The summed E-state index contributed by atoms with van der Waals surface area (Å²) in [7, 11) is 0. The number of nitrogens with zero attached hydrogens (tertiary/aromatic N) is 5. The minimum Gasteiger partial charge on any atom is -0.283 e. The van der Waals surface area contributed by atoms with Gasteiger partial charge in [-0.1, -0.05) is 30.3 Å². The average molecular weight is 534 g/mol. The zero-order chi connectivity index (χ0) is 27.5. The number of para-hydroxylation sites is 2. The summed E-state index contributed by atoms with van der Waals surface area (Å²) in [6.45, 7) is 2.34. The van der Waals surface area contributed by atoms with Crippen LogP contribution < -0.4 is 10.5 Å². The van der Waals surface area contributed by atoms with Crippen LogP contribution in [0.1, 0.15) is 29.8 Å². The monoisotopic (exact) mass is 533 g/mol. The molecule has 0 unspecified atom stereocenters. The van der Waals surface area contributed by atoms with Crippen molar-refractivity contribution in [2.45, 2.75) is 31.3 Å². The predicted molar refractivity (Wildman–Crippen MR) is 145 cm³/mol. The number of carbonyl (C=O) groups excluding carboxylic acids is 2. The number of carbonyl (C=O) groups is 2. The molecule has 198 valence electrons. The van der Waals surface area contributed by atoms with Crippen LogP contribution in [-0.4, -0.2) is 43.8 Å². The van der Waals surface area contributed by atoms with Crippen molar-refractivity contribution in [2.75, 3.05) is 11.4 Å². The SMILES string of the molecule is Cc1cc([N+](=O)[O-])ccc1N1C(=O)[C@@H]2[C@@H]3CCCN3[C@]3(c4ccccc4-n4c3nc3ccccc3c4=O)[C@H]2C1=O. The Balaban J connectivity index is 1.41. The number of amides is 2. The van der Waals surface area contributed by atoms with Gasteiger partial charge in [0.05, 0.1) is 39.0 Å². The lowest BCUT2D eigenvalue weighted by atomic mass is 9.75. The first-order valence-corrected chi connectivity index (χ1v) is 13.4. The maximum Gasteiger partial charge on any atom is 0.269 e. The van der Waals surface area contributed by atoms with Crippen LogP contribution in [0.25, 0.3) is 16.6 Å². The van der Waals surface area contributed by atoms with Gasteiger partial charge in [-0.05, 0) is 56.1 Å². The number of anilines is 1. The third kappa shape index (κ3) is 2.57. The number of non-ortho nitro benzene ring substituents is 1. The zero-order valence-corrected chi connectivity index (χ0v) is 21.5. The molecule has 0 saturated carbocycles. The first kappa shape index (κ1) is 23.2. The minimum atomic E-state index is -1.10. The van der Waals surface area contributed by atoms with Crippen molar-refractivity contribution >= 4 is 34.1 Å². The van der Waals surface area contributed by atoms with Crippen molar-refractivity contribution in [3.63, 3.8) is 0 Å². The molecule has 3 aromatic carbocycles. The molecule has 4 aliphatic heterocycles. The van der Waals surface area contributed by atoms with Crippen molar-refractivity contribution in [3.8, 4) is 5.69 Å². The highest BCUT2D eigenvalue weighted by Gasteiger charge is 2.73. The number of aryl methyl sites for hydroxylation is 1. The topological polar surface area (TPSA) is 119 Å². The van der Waals surface area contributed by atoms with Gasteiger partial charge in [0.2, 0.25) is 11.8 Å². The maximum atomic E-state index is 14.6. The standard InChI is InChI=1S/C30H23N5O5/c1-16-15-17(35(39)40)12-13-21(16)33-27(37)24-23-11-6-14-32(23)30(25(24)28(33)38)19-8-3-5-10-22(19)34-26(36)18-7-2-4-9-20(18)31-29(30)34/h2-5,7-10,12-13,15,23-25H,6,11,14H2,1H3/t23-,24+,25+,30+/m0/s1. The Morgan fingerprint density at radius 1 is 0.975 bits per heavy atom. The van der Waals surface area contributed by atoms with Gasteiger partial charge in [0.1, 0.15) is 11.4 Å². The first-order valence-electron chi connectivity index (χ1n) is 13.4. The summed E-state index contributed by atoms with van der Waals surface area (Å²) in [6, 6.07) is 18.8. The molecule has 0 N–H and O–H groups in total. The second kappa shape index (κ2) is 7.70. The van der Waals surface area contributed by atoms with Crippen molar-refractivity contribution < 1.29 is 14.5 Å². The summed E-state index contributed by atoms with van der Waals surface area (Å²) in [6.07, 6.45) is 1.60. The van der Waals surface area contributed by atoms with Crippen LogP contribution >= 0.6 is 0 Å². The number of hydrogen-bond acceptors (Lipinski definition) is 7. The Kier molecular flexibility index (Phi) is 4.47. The molecule has 1 spiro atoms. The van der Waals surface area contributed by atoms with Gasteiger partial charge in [0.25, 0.3) is 11.2 Å². The molecule has 40 heavy (non-hydrogen) atoms. The van der Waals surface area contributed by atoms with Crippen molar-refractivity contribution in [1.82, 2.24) is 14.5 Å². The summed E-state index contributed by atoms with van der Waals surface area (Å²) in [5.41, 5.74) is 1.45. The second-order valence-electron chi connectivity index (χ2n) is 11.0. The Morgan fingerprint density at radius 2 is 1.75 bits per heavy atom. The third-order valence-electron chi connectivity index (χ3n) is 9.27. The van der Waals surface area contributed by atoms with E-state index < -0.39 is 22.3 Å². The van der Waals surface area contributed by atoms with E-state index in [4.69, 9.17) is 4.98 Å². The van der Waals surface area contributed by atoms with E-state index in [2.05, 4.69) is 4.90 Å². The molecular weight excluding hydrogens is 510 g/mol. The molecule has 4 aromatic rings. The van der Waals surface area contributed by atoms with Crippen molar-refractivity contribution in [1.29, 1.82) is 0 Å². The van der Waals surface area contributed by atoms with Gasteiger partial charge in [0.15, 0.2) is 0 Å². The van der Waals surface area contributed by atoms with Gasteiger partial charge >= 0.3 is 0 Å². The highest BCUT2D eigenvalue weighted by atomic mass is 16.6. The summed E-state index contributed by atoms with van der Waals surface area (Å²) >= 11 is 0. The highest BCUT2D eigenvalue weighted by Crippen LogP contribution is 2.62. The number of benzene rings is 3. The van der Waals surface area contributed by atoms with Crippen LogP contribution in [0.4, 0.5) is 11.4 Å². The van der Waals surface area contributed by atoms with Crippen molar-refractivity contribution in [2.24, 2.45) is 11.8 Å². The van der Waals surface area contributed by atoms with Gasteiger partial charge in [-0.2, -0.15) is 0 Å². The molecule has 10 heteroatoms. The molecule has 0 aliphatic carbocycles. The van der Waals surface area contributed by atoms with E-state index in [1.807, 2.05) is 30.3 Å². The molecular formula is C30H23N5O5. The molecule has 10 nitrogen and oxygen atoms in total. The van der Waals surface area contributed by atoms with Crippen LogP contribution in [-0.2, 0) is 15.1 Å². The van der Waals surface area contributed by atoms with Gasteiger partial charge in [-0.15, -0.1) is 0 Å². The lowest BCUT2D eigenvalue weighted by Crippen LogP contribution is -2.51. The second-order valence-corrected chi connectivity index (χ2v) is 11.0. The number of hydrogen-bond donors (Lipinski definition) is 0. The number of nitro benzene ring substituents is 1. The normalized spacial score (nSPS) is 26.4. The van der Waals surface area contributed by atoms with E-state index >= 15 is 0 Å². The summed E-state index contributed by atoms with van der Waals surface area (Å²) in [5.74, 6) is -1.64. The molecule has 5 heterocycles. The maximum absolute atomic E-state index is 14.6. The number of fused-ring (bicyclic) bond motifs is 11. The van der Waals surface area contributed by atoms with E-state index in [-0.39, 0.29) is 29.1 Å². The van der Waals surface area contributed by atoms with Crippen LogP contribution in [0, 0.1) is 28.9 Å². The van der Waals surface area contributed by atoms with Crippen LogP contribution in [0.2, 0.25) is 0 Å². The fourth-order valence-electron chi connectivity index (χ4n) is 7.86. The molecule has 3 fully saturated rings. The number of nitro groups is 1. The molecule has 0 bridgehead atoms. The Bertz CT molecular complexity index is 1900. The highest BCUT2D eigenvalue weighted by molar-refractivity contribution is 6.23. The van der Waals surface area contributed by atoms with Crippen LogP contribution in [0.15, 0.2) is 71.5 Å². The van der Waals surface area contributed by atoms with E-state index in [0.29, 0.717) is 40.2 Å². The van der Waals surface area contributed by atoms with Gasteiger partial charge in [-0.25, -0.2) is 9.88 Å². The molecule has 1 aromatic heterocycles. The molecule has 4 aliphatic rings. The van der Waals surface area contributed by atoms with E-state index in [1.54, 1.807) is 29.7 Å². The summed E-state index contributed by atoms with van der Waals surface area (Å²) < 4.78 is 1.63. The van der Waals surface area contributed by atoms with Gasteiger partial charge in [-0.3, -0.25) is 34.0 Å². The van der Waals surface area contributed by atoms with Crippen LogP contribution in [0.5, 0.6) is 0 Å². The average Bonchev–Trinajstić information content (AvgIpc) is 3.66. The molecule has 0 radical (unpaired) electrons.